The molecule has 2 heterocycles. The molecule has 1 N–H and O–H groups in total. The Labute approximate surface area is 133 Å². The normalized spacial score (nSPS) is 22.2. The van der Waals surface area contributed by atoms with Crippen LogP contribution in [0.1, 0.15) is 31.2 Å². The van der Waals surface area contributed by atoms with E-state index in [1.54, 1.807) is 4.31 Å². The molecule has 0 atom stereocenters. The van der Waals surface area contributed by atoms with Gasteiger partial charge < -0.3 is 0 Å². The maximum Gasteiger partial charge on any atom is 0.279 e. The van der Waals surface area contributed by atoms with Crippen molar-refractivity contribution in [2.75, 3.05) is 26.2 Å². The van der Waals surface area contributed by atoms with Gasteiger partial charge in [-0.3, -0.25) is 4.90 Å². The van der Waals surface area contributed by atoms with Crippen molar-refractivity contribution in [3.8, 4) is 0 Å². The third-order valence-corrected chi connectivity index (χ3v) is 6.23. The zero-order valence-electron chi connectivity index (χ0n) is 12.9. The van der Waals surface area contributed by atoms with Gasteiger partial charge in [0.25, 0.3) is 10.2 Å². The minimum absolute atomic E-state index is 0.0811. The molecule has 0 spiro atoms. The molecule has 22 heavy (non-hydrogen) atoms. The summed E-state index contributed by atoms with van der Waals surface area (Å²) in [5.74, 6) is 0. The van der Waals surface area contributed by atoms with Crippen LogP contribution < -0.4 is 4.72 Å². The average Bonchev–Trinajstić information content (AvgIpc) is 3.05. The van der Waals surface area contributed by atoms with E-state index in [1.807, 2.05) is 6.07 Å². The summed E-state index contributed by atoms with van der Waals surface area (Å²) in [4.78, 5) is 2.40. The summed E-state index contributed by atoms with van der Waals surface area (Å²) >= 11 is 0. The van der Waals surface area contributed by atoms with Crippen LogP contribution in [0, 0.1) is 0 Å². The molecule has 3 rings (SSSR count). The largest absolute Gasteiger partial charge is 0.299 e. The molecule has 1 aromatic carbocycles. The molecule has 0 saturated carbocycles. The number of benzene rings is 1. The SMILES string of the molecule is O=S(=O)(NC1CCN(Cc2ccccc2)CC1)N1CCCC1. The van der Waals surface area contributed by atoms with Gasteiger partial charge >= 0.3 is 0 Å². The molecule has 2 aliphatic rings. The predicted octanol–water partition coefficient (Wildman–Crippen LogP) is 1.58. The van der Waals surface area contributed by atoms with E-state index in [-0.39, 0.29) is 6.04 Å². The molecule has 0 unspecified atom stereocenters. The first kappa shape index (κ1) is 15.9. The van der Waals surface area contributed by atoms with Crippen LogP contribution in [-0.4, -0.2) is 49.8 Å². The number of piperidine rings is 1. The maximum absolute atomic E-state index is 12.3. The third kappa shape index (κ3) is 4.07. The minimum atomic E-state index is -3.27. The van der Waals surface area contributed by atoms with E-state index in [0.29, 0.717) is 13.1 Å². The number of nitrogens with zero attached hydrogens (tertiary/aromatic N) is 2. The van der Waals surface area contributed by atoms with Gasteiger partial charge in [0.2, 0.25) is 0 Å². The van der Waals surface area contributed by atoms with Gasteiger partial charge in [-0.05, 0) is 31.2 Å². The van der Waals surface area contributed by atoms with Crippen LogP contribution in [0.2, 0.25) is 0 Å². The molecule has 0 radical (unpaired) electrons. The van der Waals surface area contributed by atoms with Crippen LogP contribution in [-0.2, 0) is 16.8 Å². The van der Waals surface area contributed by atoms with E-state index in [9.17, 15) is 8.42 Å². The molecular formula is C16H25N3O2S. The Morgan fingerprint density at radius 2 is 1.64 bits per heavy atom. The average molecular weight is 323 g/mol. The van der Waals surface area contributed by atoms with Gasteiger partial charge in [-0.1, -0.05) is 30.3 Å². The summed E-state index contributed by atoms with van der Waals surface area (Å²) in [7, 11) is -3.27. The van der Waals surface area contributed by atoms with Gasteiger partial charge in [0.1, 0.15) is 0 Å². The number of rotatable bonds is 5. The zero-order chi connectivity index (χ0) is 15.4. The molecule has 0 bridgehead atoms. The summed E-state index contributed by atoms with van der Waals surface area (Å²) in [6, 6.07) is 10.5. The molecule has 122 valence electrons. The first-order valence-corrected chi connectivity index (χ1v) is 9.61. The summed E-state index contributed by atoms with van der Waals surface area (Å²) < 4.78 is 29.0. The Kier molecular flexibility index (Phi) is 5.13. The first-order valence-electron chi connectivity index (χ1n) is 8.17. The summed E-state index contributed by atoms with van der Waals surface area (Å²) in [6.07, 6.45) is 3.74. The lowest BCUT2D eigenvalue weighted by atomic mass is 10.1. The van der Waals surface area contributed by atoms with Crippen molar-refractivity contribution in [3.63, 3.8) is 0 Å². The Bertz CT molecular complexity index is 562. The molecule has 2 fully saturated rings. The van der Waals surface area contributed by atoms with Crippen LogP contribution in [0.25, 0.3) is 0 Å². The lowest BCUT2D eigenvalue weighted by Crippen LogP contribution is -2.48. The molecular weight excluding hydrogens is 298 g/mol. The van der Waals surface area contributed by atoms with Gasteiger partial charge in [-0.25, -0.2) is 0 Å². The quantitative estimate of drug-likeness (QED) is 0.895. The van der Waals surface area contributed by atoms with Gasteiger partial charge in [0, 0.05) is 38.8 Å². The number of nitrogens with one attached hydrogen (secondary N) is 1. The molecule has 5 nitrogen and oxygen atoms in total. The van der Waals surface area contributed by atoms with E-state index in [4.69, 9.17) is 0 Å². The van der Waals surface area contributed by atoms with Crippen molar-refractivity contribution < 1.29 is 8.42 Å². The van der Waals surface area contributed by atoms with Crippen molar-refractivity contribution in [2.45, 2.75) is 38.3 Å². The molecule has 2 aliphatic heterocycles. The van der Waals surface area contributed by atoms with Crippen molar-refractivity contribution in [2.24, 2.45) is 0 Å². The topological polar surface area (TPSA) is 52.7 Å². The molecule has 0 aliphatic carbocycles. The Morgan fingerprint density at radius 1 is 1.00 bits per heavy atom. The molecule has 0 amide bonds. The highest BCUT2D eigenvalue weighted by Gasteiger charge is 2.29. The molecule has 2 saturated heterocycles. The van der Waals surface area contributed by atoms with Crippen LogP contribution in [0.15, 0.2) is 30.3 Å². The van der Waals surface area contributed by atoms with Crippen LogP contribution in [0.4, 0.5) is 0 Å². The van der Waals surface area contributed by atoms with Gasteiger partial charge in [-0.2, -0.15) is 17.4 Å². The Hall–Kier alpha value is -0.950. The smallest absolute Gasteiger partial charge is 0.279 e. The van der Waals surface area contributed by atoms with E-state index < -0.39 is 10.2 Å². The Morgan fingerprint density at radius 3 is 2.27 bits per heavy atom. The first-order chi connectivity index (χ1) is 10.6. The standard InChI is InChI=1S/C16H25N3O2S/c20-22(21,19-10-4-5-11-19)17-16-8-12-18(13-9-16)14-15-6-2-1-3-7-15/h1-3,6-7,16-17H,4-5,8-14H2. The fraction of sp³-hybridized carbons (Fsp3) is 0.625. The lowest BCUT2D eigenvalue weighted by Gasteiger charge is -2.33. The molecule has 1 aromatic rings. The Balaban J connectivity index is 1.47. The van der Waals surface area contributed by atoms with Crippen molar-refractivity contribution in [1.29, 1.82) is 0 Å². The van der Waals surface area contributed by atoms with E-state index in [0.717, 1.165) is 45.3 Å². The second-order valence-electron chi connectivity index (χ2n) is 6.27. The van der Waals surface area contributed by atoms with E-state index in [2.05, 4.69) is 33.9 Å². The second-order valence-corrected chi connectivity index (χ2v) is 7.97. The number of hydrogen-bond donors (Lipinski definition) is 1. The van der Waals surface area contributed by atoms with Gasteiger partial charge in [0.05, 0.1) is 0 Å². The second kappa shape index (κ2) is 7.08. The third-order valence-electron chi connectivity index (χ3n) is 4.56. The highest BCUT2D eigenvalue weighted by atomic mass is 32.2. The van der Waals surface area contributed by atoms with Gasteiger partial charge in [-0.15, -0.1) is 0 Å². The minimum Gasteiger partial charge on any atom is -0.299 e. The van der Waals surface area contributed by atoms with E-state index in [1.165, 1.54) is 5.56 Å². The number of likely N-dealkylation sites (tertiary alicyclic amines) is 1. The van der Waals surface area contributed by atoms with Crippen LogP contribution in [0.3, 0.4) is 0 Å². The zero-order valence-corrected chi connectivity index (χ0v) is 13.8. The van der Waals surface area contributed by atoms with Crippen molar-refractivity contribution in [3.05, 3.63) is 35.9 Å². The predicted molar refractivity (Wildman–Crippen MR) is 87.6 cm³/mol. The maximum atomic E-state index is 12.3. The molecule has 0 aromatic heterocycles. The van der Waals surface area contributed by atoms with Crippen LogP contribution >= 0.6 is 0 Å². The summed E-state index contributed by atoms with van der Waals surface area (Å²) in [5, 5.41) is 0. The van der Waals surface area contributed by atoms with Gasteiger partial charge in [0.15, 0.2) is 0 Å². The monoisotopic (exact) mass is 323 g/mol. The highest BCUT2D eigenvalue weighted by Crippen LogP contribution is 2.17. The van der Waals surface area contributed by atoms with Crippen molar-refractivity contribution in [1.82, 2.24) is 13.9 Å². The highest BCUT2D eigenvalue weighted by molar-refractivity contribution is 7.87. The van der Waals surface area contributed by atoms with Crippen LogP contribution in [0.5, 0.6) is 0 Å². The summed E-state index contributed by atoms with van der Waals surface area (Å²) in [5.41, 5.74) is 1.32. The van der Waals surface area contributed by atoms with E-state index >= 15 is 0 Å². The lowest BCUT2D eigenvalue weighted by molar-refractivity contribution is 0.199. The fourth-order valence-electron chi connectivity index (χ4n) is 3.26. The number of hydrogen-bond acceptors (Lipinski definition) is 3. The molecule has 6 heteroatoms. The fourth-order valence-corrected chi connectivity index (χ4v) is 4.81. The summed E-state index contributed by atoms with van der Waals surface area (Å²) in [6.45, 7) is 4.18. The van der Waals surface area contributed by atoms with Crippen molar-refractivity contribution >= 4 is 10.2 Å².